The Morgan fingerprint density at radius 1 is 0.808 bits per heavy atom. The predicted octanol–water partition coefficient (Wildman–Crippen LogP) is 5.23. The Morgan fingerprint density at radius 3 is 1.92 bits per heavy atom. The average Bonchev–Trinajstić information content (AvgIpc) is 2.69. The number of carbonyl (C=O) groups excluding carboxylic acids is 1. The minimum absolute atomic E-state index is 0.0221. The highest BCUT2D eigenvalue weighted by molar-refractivity contribution is 5.94. The van der Waals surface area contributed by atoms with E-state index in [4.69, 9.17) is 0 Å². The van der Waals surface area contributed by atoms with Crippen molar-refractivity contribution in [3.8, 4) is 0 Å². The van der Waals surface area contributed by atoms with Gasteiger partial charge in [0.2, 0.25) is 5.91 Å². The Labute approximate surface area is 153 Å². The minimum atomic E-state index is -0.0221. The maximum Gasteiger partial charge on any atom is 0.228 e. The summed E-state index contributed by atoms with van der Waals surface area (Å²) in [5.74, 6) is 0.581. The fourth-order valence-corrected chi connectivity index (χ4v) is 4.77. The second-order valence-electron chi connectivity index (χ2n) is 7.49. The number of aryl methyl sites for hydroxylation is 1. The van der Waals surface area contributed by atoms with E-state index in [0.717, 1.165) is 12.1 Å². The SMILES string of the molecule is Cc1ccc(NC(=O)[C@H]2CC3c4ccccc4C2c2ccccc23)cc1. The molecule has 1 N–H and O–H groups in total. The van der Waals surface area contributed by atoms with Crippen molar-refractivity contribution in [2.75, 3.05) is 5.32 Å². The minimum Gasteiger partial charge on any atom is -0.326 e. The van der Waals surface area contributed by atoms with Crippen LogP contribution in [0.25, 0.3) is 0 Å². The van der Waals surface area contributed by atoms with Crippen LogP contribution >= 0.6 is 0 Å². The average molecular weight is 339 g/mol. The van der Waals surface area contributed by atoms with Gasteiger partial charge in [0.1, 0.15) is 0 Å². The first-order chi connectivity index (χ1) is 12.7. The summed E-state index contributed by atoms with van der Waals surface area (Å²) in [5, 5.41) is 3.15. The summed E-state index contributed by atoms with van der Waals surface area (Å²) in [6, 6.07) is 25.3. The Bertz CT molecular complexity index is 942. The molecule has 26 heavy (non-hydrogen) atoms. The summed E-state index contributed by atoms with van der Waals surface area (Å²) >= 11 is 0. The van der Waals surface area contributed by atoms with Gasteiger partial charge in [0.25, 0.3) is 0 Å². The molecule has 3 aromatic carbocycles. The van der Waals surface area contributed by atoms with Gasteiger partial charge in [0.15, 0.2) is 0 Å². The second kappa shape index (κ2) is 5.84. The summed E-state index contributed by atoms with van der Waals surface area (Å²) in [6.07, 6.45) is 0.885. The van der Waals surface area contributed by atoms with Crippen LogP contribution in [0, 0.1) is 12.8 Å². The molecule has 0 aromatic heterocycles. The van der Waals surface area contributed by atoms with E-state index >= 15 is 0 Å². The van der Waals surface area contributed by atoms with E-state index in [2.05, 4.69) is 60.8 Å². The van der Waals surface area contributed by atoms with E-state index in [1.807, 2.05) is 24.3 Å². The molecule has 2 bridgehead atoms. The Kier molecular flexibility index (Phi) is 3.46. The maximum absolute atomic E-state index is 13.2. The van der Waals surface area contributed by atoms with Crippen LogP contribution in [0.15, 0.2) is 72.8 Å². The number of hydrogen-bond acceptors (Lipinski definition) is 1. The molecule has 6 rings (SSSR count). The molecule has 0 unspecified atom stereocenters. The molecule has 3 aliphatic carbocycles. The number of anilines is 1. The zero-order chi connectivity index (χ0) is 17.7. The number of hydrogen-bond donors (Lipinski definition) is 1. The van der Waals surface area contributed by atoms with Gasteiger partial charge < -0.3 is 5.32 Å². The number of benzene rings is 3. The monoisotopic (exact) mass is 339 g/mol. The summed E-state index contributed by atoms with van der Waals surface area (Å²) in [6.45, 7) is 2.06. The molecule has 2 nitrogen and oxygen atoms in total. The van der Waals surface area contributed by atoms with E-state index < -0.39 is 0 Å². The van der Waals surface area contributed by atoms with E-state index in [1.54, 1.807) is 0 Å². The fraction of sp³-hybridized carbons (Fsp3) is 0.208. The lowest BCUT2D eigenvalue weighted by Gasteiger charge is -2.44. The van der Waals surface area contributed by atoms with Crippen LogP contribution in [-0.2, 0) is 4.79 Å². The van der Waals surface area contributed by atoms with Crippen LogP contribution < -0.4 is 5.32 Å². The van der Waals surface area contributed by atoms with Crippen LogP contribution in [0.5, 0.6) is 0 Å². The highest BCUT2D eigenvalue weighted by Gasteiger charge is 2.45. The highest BCUT2D eigenvalue weighted by Crippen LogP contribution is 2.55. The van der Waals surface area contributed by atoms with Crippen LogP contribution in [0.4, 0.5) is 5.69 Å². The van der Waals surface area contributed by atoms with E-state index in [0.29, 0.717) is 5.92 Å². The van der Waals surface area contributed by atoms with Crippen molar-refractivity contribution in [2.24, 2.45) is 5.92 Å². The van der Waals surface area contributed by atoms with Gasteiger partial charge in [-0.1, -0.05) is 66.2 Å². The van der Waals surface area contributed by atoms with Gasteiger partial charge in [-0.3, -0.25) is 4.79 Å². The summed E-state index contributed by atoms with van der Waals surface area (Å²) in [7, 11) is 0. The van der Waals surface area contributed by atoms with Gasteiger partial charge in [0.05, 0.1) is 5.92 Å². The third-order valence-electron chi connectivity index (χ3n) is 5.96. The zero-order valence-electron chi connectivity index (χ0n) is 14.8. The first kappa shape index (κ1) is 15.4. The second-order valence-corrected chi connectivity index (χ2v) is 7.49. The normalized spacial score (nSPS) is 22.4. The summed E-state index contributed by atoms with van der Waals surface area (Å²) in [5.41, 5.74) is 7.52. The lowest BCUT2D eigenvalue weighted by atomic mass is 9.59. The first-order valence-electron chi connectivity index (χ1n) is 9.27. The van der Waals surface area contributed by atoms with Crippen LogP contribution in [0.3, 0.4) is 0 Å². The predicted molar refractivity (Wildman–Crippen MR) is 104 cm³/mol. The fourth-order valence-electron chi connectivity index (χ4n) is 4.77. The molecule has 2 heteroatoms. The van der Waals surface area contributed by atoms with Crippen LogP contribution in [0.2, 0.25) is 0 Å². The molecular weight excluding hydrogens is 318 g/mol. The zero-order valence-corrected chi connectivity index (χ0v) is 14.8. The van der Waals surface area contributed by atoms with E-state index in [9.17, 15) is 4.79 Å². The highest BCUT2D eigenvalue weighted by atomic mass is 16.1. The standard InChI is InChI=1S/C24H21NO/c1-15-10-12-16(13-11-15)25-24(26)22-14-21-17-6-2-4-8-19(17)23(22)20-9-5-3-7-18(20)21/h2-13,21-23H,14H2,1H3,(H,25,26)/t21?,22-,23?/m0/s1. The quantitative estimate of drug-likeness (QED) is 0.680. The van der Waals surface area contributed by atoms with Gasteiger partial charge >= 0.3 is 0 Å². The van der Waals surface area contributed by atoms with E-state index in [1.165, 1.54) is 27.8 Å². The number of nitrogens with one attached hydrogen (secondary N) is 1. The van der Waals surface area contributed by atoms with Crippen LogP contribution in [-0.4, -0.2) is 5.91 Å². The lowest BCUT2D eigenvalue weighted by Crippen LogP contribution is -2.38. The molecule has 0 heterocycles. The van der Waals surface area contributed by atoms with Crippen molar-refractivity contribution in [3.63, 3.8) is 0 Å². The topological polar surface area (TPSA) is 29.1 Å². The molecule has 0 fully saturated rings. The molecule has 0 aliphatic heterocycles. The molecule has 0 saturated carbocycles. The Balaban J connectivity index is 1.54. The molecule has 3 aliphatic rings. The van der Waals surface area contributed by atoms with Crippen molar-refractivity contribution < 1.29 is 4.79 Å². The largest absolute Gasteiger partial charge is 0.326 e. The first-order valence-corrected chi connectivity index (χ1v) is 9.27. The Hall–Kier alpha value is -2.87. The molecule has 1 amide bonds. The number of carbonyl (C=O) groups is 1. The maximum atomic E-state index is 13.2. The lowest BCUT2D eigenvalue weighted by molar-refractivity contribution is -0.121. The molecule has 128 valence electrons. The molecule has 0 spiro atoms. The van der Waals surface area contributed by atoms with Gasteiger partial charge in [-0.25, -0.2) is 0 Å². The molecular formula is C24H21NO. The number of fused-ring (bicyclic) bond motifs is 1. The third kappa shape index (κ3) is 2.29. The summed E-state index contributed by atoms with van der Waals surface area (Å²) < 4.78 is 0. The van der Waals surface area contributed by atoms with Crippen molar-refractivity contribution in [1.82, 2.24) is 0 Å². The van der Waals surface area contributed by atoms with Crippen molar-refractivity contribution in [3.05, 3.63) is 101 Å². The number of amides is 1. The molecule has 3 aromatic rings. The van der Waals surface area contributed by atoms with Gasteiger partial charge in [0, 0.05) is 17.5 Å². The molecule has 1 atom stereocenters. The summed E-state index contributed by atoms with van der Waals surface area (Å²) in [4.78, 5) is 13.2. The van der Waals surface area contributed by atoms with Gasteiger partial charge in [-0.2, -0.15) is 0 Å². The van der Waals surface area contributed by atoms with Gasteiger partial charge in [-0.15, -0.1) is 0 Å². The van der Waals surface area contributed by atoms with Crippen molar-refractivity contribution in [2.45, 2.75) is 25.2 Å². The Morgan fingerprint density at radius 2 is 1.35 bits per heavy atom. The van der Waals surface area contributed by atoms with E-state index in [-0.39, 0.29) is 17.7 Å². The smallest absolute Gasteiger partial charge is 0.228 e. The molecule has 0 saturated heterocycles. The molecule has 0 radical (unpaired) electrons. The third-order valence-corrected chi connectivity index (χ3v) is 5.96. The van der Waals surface area contributed by atoms with Crippen molar-refractivity contribution >= 4 is 11.6 Å². The van der Waals surface area contributed by atoms with Gasteiger partial charge in [-0.05, 0) is 47.7 Å². The van der Waals surface area contributed by atoms with Crippen molar-refractivity contribution in [1.29, 1.82) is 0 Å². The van der Waals surface area contributed by atoms with Crippen LogP contribution in [0.1, 0.15) is 46.1 Å². The number of rotatable bonds is 2.